The van der Waals surface area contributed by atoms with Gasteiger partial charge in [0.05, 0.1) is 15.7 Å². The summed E-state index contributed by atoms with van der Waals surface area (Å²) in [7, 11) is 0. The van der Waals surface area contributed by atoms with E-state index in [1.54, 1.807) is 6.07 Å². The smallest absolute Gasteiger partial charge is 0.139 e. The van der Waals surface area contributed by atoms with Gasteiger partial charge in [0.15, 0.2) is 0 Å². The lowest BCUT2D eigenvalue weighted by atomic mass is 10.1. The highest BCUT2D eigenvalue weighted by Gasteiger charge is 2.13. The van der Waals surface area contributed by atoms with Crippen LogP contribution in [0.2, 0.25) is 0 Å². The van der Waals surface area contributed by atoms with Crippen LogP contribution in [0.25, 0.3) is 0 Å². The van der Waals surface area contributed by atoms with Crippen LogP contribution in [-0.4, -0.2) is 9.97 Å². The molecule has 0 aliphatic rings. The predicted molar refractivity (Wildman–Crippen MR) is 91.7 cm³/mol. The van der Waals surface area contributed by atoms with Gasteiger partial charge in [-0.25, -0.2) is 4.39 Å². The lowest BCUT2D eigenvalue weighted by Crippen LogP contribution is -2.15. The summed E-state index contributed by atoms with van der Waals surface area (Å²) >= 11 is 8.27. The number of aromatic nitrogens is 1. The first-order valence-corrected chi connectivity index (χ1v) is 7.50. The summed E-state index contributed by atoms with van der Waals surface area (Å²) in [5.74, 6) is -0.331. The Balaban J connectivity index is 2.54. The molecule has 0 atom stereocenters. The third-order valence-corrected chi connectivity index (χ3v) is 3.92. The Labute approximate surface area is 136 Å². The van der Waals surface area contributed by atoms with Gasteiger partial charge in [-0.2, -0.15) is 0 Å². The summed E-state index contributed by atoms with van der Waals surface area (Å²) in [6, 6.07) is 5.01. The minimum Gasteiger partial charge on any atom is -0.389 e. The van der Waals surface area contributed by atoms with Crippen molar-refractivity contribution in [2.45, 2.75) is 20.8 Å². The summed E-state index contributed by atoms with van der Waals surface area (Å²) in [5, 5.41) is 3.20. The Bertz CT molecular complexity index is 731. The normalized spacial score (nSPS) is 10.5. The van der Waals surface area contributed by atoms with E-state index in [0.29, 0.717) is 15.7 Å². The molecule has 0 aliphatic heterocycles. The number of anilines is 2. The van der Waals surface area contributed by atoms with Gasteiger partial charge >= 0.3 is 0 Å². The molecule has 0 spiro atoms. The van der Waals surface area contributed by atoms with Crippen LogP contribution < -0.4 is 11.1 Å². The maximum atomic E-state index is 13.7. The SMILES string of the molecule is Cc1cc(Nc2cc(F)c(Br)cc2C)c(C(N)=S)c(C)n1. The monoisotopic (exact) mass is 367 g/mol. The average molecular weight is 368 g/mol. The molecule has 1 heterocycles. The van der Waals surface area contributed by atoms with Crippen LogP contribution >= 0.6 is 28.1 Å². The standard InChI is InChI=1S/C15H15BrFN3S/c1-7-4-10(16)11(17)6-12(7)20-13-5-8(2)19-9(3)14(13)15(18)21/h4-6H,1-3H3,(H2,18,21)(H,19,20). The average Bonchev–Trinajstić information content (AvgIpc) is 2.34. The number of aryl methyl sites for hydroxylation is 3. The first kappa shape index (κ1) is 15.9. The maximum absolute atomic E-state index is 13.7. The highest BCUT2D eigenvalue weighted by molar-refractivity contribution is 9.10. The van der Waals surface area contributed by atoms with Crippen LogP contribution in [0.5, 0.6) is 0 Å². The molecule has 1 aromatic heterocycles. The third kappa shape index (κ3) is 3.39. The zero-order valence-corrected chi connectivity index (χ0v) is 14.3. The molecule has 0 amide bonds. The first-order valence-electron chi connectivity index (χ1n) is 6.30. The molecule has 0 saturated carbocycles. The zero-order valence-electron chi connectivity index (χ0n) is 11.9. The number of nitrogens with two attached hydrogens (primary N) is 1. The zero-order chi connectivity index (χ0) is 15.7. The number of hydrogen-bond acceptors (Lipinski definition) is 3. The van der Waals surface area contributed by atoms with Crippen molar-refractivity contribution in [2.75, 3.05) is 5.32 Å². The van der Waals surface area contributed by atoms with Crippen LogP contribution in [0.3, 0.4) is 0 Å². The fraction of sp³-hybridized carbons (Fsp3) is 0.200. The summed E-state index contributed by atoms with van der Waals surface area (Å²) < 4.78 is 14.2. The molecule has 3 N–H and O–H groups in total. The van der Waals surface area contributed by atoms with Crippen molar-refractivity contribution in [3.63, 3.8) is 0 Å². The van der Waals surface area contributed by atoms with Gasteiger partial charge in [0, 0.05) is 17.1 Å². The molecular formula is C15H15BrFN3S. The second kappa shape index (κ2) is 6.07. The lowest BCUT2D eigenvalue weighted by molar-refractivity contribution is 0.621. The second-order valence-corrected chi connectivity index (χ2v) is 6.14. The van der Waals surface area contributed by atoms with Crippen molar-refractivity contribution < 1.29 is 4.39 Å². The predicted octanol–water partition coefficient (Wildman–Crippen LogP) is 4.29. The molecule has 21 heavy (non-hydrogen) atoms. The quantitative estimate of drug-likeness (QED) is 0.794. The van der Waals surface area contributed by atoms with Gasteiger partial charge in [0.1, 0.15) is 10.8 Å². The van der Waals surface area contributed by atoms with Gasteiger partial charge in [-0.3, -0.25) is 4.98 Å². The fourth-order valence-corrected chi connectivity index (χ4v) is 2.88. The van der Waals surface area contributed by atoms with E-state index in [4.69, 9.17) is 18.0 Å². The second-order valence-electron chi connectivity index (χ2n) is 4.84. The number of nitrogens with zero attached hydrogens (tertiary/aromatic N) is 1. The number of rotatable bonds is 3. The van der Waals surface area contributed by atoms with Crippen molar-refractivity contribution in [3.8, 4) is 0 Å². The minimum atomic E-state index is -0.331. The van der Waals surface area contributed by atoms with E-state index in [0.717, 1.165) is 22.6 Å². The number of benzene rings is 1. The number of hydrogen-bond donors (Lipinski definition) is 2. The number of nitrogens with one attached hydrogen (secondary N) is 1. The molecule has 2 rings (SSSR count). The van der Waals surface area contributed by atoms with E-state index < -0.39 is 0 Å². The summed E-state index contributed by atoms with van der Waals surface area (Å²) in [6.45, 7) is 5.63. The molecule has 2 aromatic rings. The Morgan fingerprint density at radius 3 is 2.52 bits per heavy atom. The molecule has 0 aliphatic carbocycles. The van der Waals surface area contributed by atoms with E-state index in [2.05, 4.69) is 26.2 Å². The van der Waals surface area contributed by atoms with Crippen LogP contribution in [-0.2, 0) is 0 Å². The third-order valence-electron chi connectivity index (χ3n) is 3.11. The largest absolute Gasteiger partial charge is 0.389 e. The maximum Gasteiger partial charge on any atom is 0.139 e. The Morgan fingerprint density at radius 1 is 1.24 bits per heavy atom. The van der Waals surface area contributed by atoms with Gasteiger partial charge in [0.25, 0.3) is 0 Å². The molecule has 0 unspecified atom stereocenters. The van der Waals surface area contributed by atoms with E-state index >= 15 is 0 Å². The summed E-state index contributed by atoms with van der Waals surface area (Å²) in [4.78, 5) is 4.62. The molecule has 0 fully saturated rings. The molecule has 110 valence electrons. The molecule has 3 nitrogen and oxygen atoms in total. The van der Waals surface area contributed by atoms with Gasteiger partial charge in [-0.05, 0) is 60.5 Å². The topological polar surface area (TPSA) is 50.9 Å². The highest BCUT2D eigenvalue weighted by Crippen LogP contribution is 2.29. The Morgan fingerprint density at radius 2 is 1.90 bits per heavy atom. The van der Waals surface area contributed by atoms with Gasteiger partial charge in [0.2, 0.25) is 0 Å². The fourth-order valence-electron chi connectivity index (χ4n) is 2.16. The van der Waals surface area contributed by atoms with Crippen molar-refractivity contribution >= 4 is 44.5 Å². The minimum absolute atomic E-state index is 0.262. The first-order chi connectivity index (χ1) is 9.79. The van der Waals surface area contributed by atoms with E-state index in [1.807, 2.05) is 26.8 Å². The van der Waals surface area contributed by atoms with E-state index in [9.17, 15) is 4.39 Å². The number of pyridine rings is 1. The van der Waals surface area contributed by atoms with Crippen LogP contribution in [0.1, 0.15) is 22.5 Å². The summed E-state index contributed by atoms with van der Waals surface area (Å²) in [6.07, 6.45) is 0. The molecule has 0 saturated heterocycles. The van der Waals surface area contributed by atoms with Gasteiger partial charge in [-0.15, -0.1) is 0 Å². The number of thiocarbonyl (C=S) groups is 1. The molecule has 6 heteroatoms. The molecule has 1 aromatic carbocycles. The van der Waals surface area contributed by atoms with E-state index in [1.165, 1.54) is 6.07 Å². The van der Waals surface area contributed by atoms with Crippen LogP contribution in [0.15, 0.2) is 22.7 Å². The van der Waals surface area contributed by atoms with Crippen molar-refractivity contribution in [3.05, 3.63) is 51.0 Å². The van der Waals surface area contributed by atoms with E-state index in [-0.39, 0.29) is 10.8 Å². The molecule has 0 radical (unpaired) electrons. The van der Waals surface area contributed by atoms with Crippen LogP contribution in [0, 0.1) is 26.6 Å². The lowest BCUT2D eigenvalue weighted by Gasteiger charge is -2.16. The molecule has 0 bridgehead atoms. The molecular weight excluding hydrogens is 353 g/mol. The Hall–Kier alpha value is -1.53. The Kier molecular flexibility index (Phi) is 4.58. The number of halogens is 2. The van der Waals surface area contributed by atoms with Crippen molar-refractivity contribution in [1.82, 2.24) is 4.98 Å². The van der Waals surface area contributed by atoms with Crippen LogP contribution in [0.4, 0.5) is 15.8 Å². The summed E-state index contributed by atoms with van der Waals surface area (Å²) in [5.41, 5.74) is 10.4. The highest BCUT2D eigenvalue weighted by atomic mass is 79.9. The van der Waals surface area contributed by atoms with Crippen molar-refractivity contribution in [2.24, 2.45) is 5.73 Å². The van der Waals surface area contributed by atoms with Crippen molar-refractivity contribution in [1.29, 1.82) is 0 Å². The van der Waals surface area contributed by atoms with Gasteiger partial charge < -0.3 is 11.1 Å². The van der Waals surface area contributed by atoms with Gasteiger partial charge in [-0.1, -0.05) is 12.2 Å².